The van der Waals surface area contributed by atoms with Crippen LogP contribution in [-0.2, 0) is 6.54 Å². The van der Waals surface area contributed by atoms with Crippen molar-refractivity contribution >= 4 is 12.4 Å². The third-order valence-corrected chi connectivity index (χ3v) is 1.86. The van der Waals surface area contributed by atoms with Gasteiger partial charge < -0.3 is 5.73 Å². The molecule has 0 amide bonds. The Kier molecular flexibility index (Phi) is 4.08. The Labute approximate surface area is 93.2 Å². The summed E-state index contributed by atoms with van der Waals surface area (Å²) in [6.07, 6.45) is 1.30. The second-order valence-corrected chi connectivity index (χ2v) is 2.77. The van der Waals surface area contributed by atoms with Crippen molar-refractivity contribution in [2.45, 2.75) is 6.54 Å². The maximum absolute atomic E-state index is 5.48. The average molecular weight is 224 g/mol. The summed E-state index contributed by atoms with van der Waals surface area (Å²) < 4.78 is 0. The topological polar surface area (TPSA) is 77.6 Å². The molecular formula is C9H10ClN5. The molecule has 0 radical (unpaired) electrons. The summed E-state index contributed by atoms with van der Waals surface area (Å²) in [6, 6.07) is 7.68. The van der Waals surface area contributed by atoms with Gasteiger partial charge in [0.1, 0.15) is 0 Å². The first-order chi connectivity index (χ1) is 6.90. The van der Waals surface area contributed by atoms with E-state index in [1.807, 2.05) is 24.3 Å². The Morgan fingerprint density at radius 2 is 1.60 bits per heavy atom. The number of hydrogen-bond donors (Lipinski definition) is 1. The minimum atomic E-state index is 0. The Morgan fingerprint density at radius 1 is 1.00 bits per heavy atom. The third kappa shape index (κ3) is 2.68. The molecule has 1 aromatic heterocycles. The van der Waals surface area contributed by atoms with Crippen LogP contribution in [0.3, 0.4) is 0 Å². The molecule has 0 atom stereocenters. The molecule has 2 rings (SSSR count). The molecule has 15 heavy (non-hydrogen) atoms. The normalized spacial score (nSPS) is 9.40. The zero-order valence-corrected chi connectivity index (χ0v) is 8.68. The lowest BCUT2D eigenvalue weighted by atomic mass is 10.1. The van der Waals surface area contributed by atoms with Crippen LogP contribution in [-0.4, -0.2) is 20.4 Å². The highest BCUT2D eigenvalue weighted by atomic mass is 35.5. The lowest BCUT2D eigenvalue weighted by molar-refractivity contribution is 0.864. The molecule has 6 heteroatoms. The van der Waals surface area contributed by atoms with Crippen LogP contribution in [0, 0.1) is 0 Å². The summed E-state index contributed by atoms with van der Waals surface area (Å²) in [5.74, 6) is 0.524. The Balaban J connectivity index is 0.00000112. The molecule has 0 fully saturated rings. The third-order valence-electron chi connectivity index (χ3n) is 1.86. The van der Waals surface area contributed by atoms with E-state index in [0.717, 1.165) is 11.1 Å². The van der Waals surface area contributed by atoms with E-state index in [1.54, 1.807) is 0 Å². The van der Waals surface area contributed by atoms with Crippen LogP contribution in [0.4, 0.5) is 0 Å². The molecule has 5 nitrogen and oxygen atoms in total. The van der Waals surface area contributed by atoms with E-state index in [1.165, 1.54) is 6.33 Å². The first-order valence-electron chi connectivity index (χ1n) is 4.20. The quantitative estimate of drug-likeness (QED) is 0.816. The molecule has 0 aliphatic heterocycles. The summed E-state index contributed by atoms with van der Waals surface area (Å²) in [5, 5.41) is 15.0. The lowest BCUT2D eigenvalue weighted by Crippen LogP contribution is -1.97. The molecule has 0 saturated heterocycles. The predicted octanol–water partition coefficient (Wildman–Crippen LogP) is 0.814. The van der Waals surface area contributed by atoms with Crippen molar-refractivity contribution in [1.82, 2.24) is 20.4 Å². The van der Waals surface area contributed by atoms with E-state index < -0.39 is 0 Å². The van der Waals surface area contributed by atoms with Crippen LogP contribution in [0.2, 0.25) is 0 Å². The molecular weight excluding hydrogens is 214 g/mol. The molecule has 78 valence electrons. The van der Waals surface area contributed by atoms with E-state index in [-0.39, 0.29) is 12.4 Å². The highest BCUT2D eigenvalue weighted by Gasteiger charge is 2.00. The van der Waals surface area contributed by atoms with Crippen LogP contribution in [0.15, 0.2) is 30.6 Å². The van der Waals surface area contributed by atoms with Gasteiger partial charge in [-0.15, -0.1) is 32.8 Å². The van der Waals surface area contributed by atoms with Crippen LogP contribution >= 0.6 is 12.4 Å². The maximum atomic E-state index is 5.48. The van der Waals surface area contributed by atoms with Crippen molar-refractivity contribution in [3.63, 3.8) is 0 Å². The fourth-order valence-electron chi connectivity index (χ4n) is 1.11. The molecule has 0 aliphatic carbocycles. The number of nitrogens with zero attached hydrogens (tertiary/aromatic N) is 4. The molecule has 0 bridgehead atoms. The molecule has 0 spiro atoms. The number of benzene rings is 1. The standard InChI is InChI=1S/C9H9N5.ClH/c10-5-7-1-3-8(4-2-7)9-13-11-6-12-14-9;/h1-4,6H,5,10H2;1H. The smallest absolute Gasteiger partial charge is 0.203 e. The van der Waals surface area contributed by atoms with Crippen LogP contribution in [0.1, 0.15) is 5.56 Å². The second-order valence-electron chi connectivity index (χ2n) is 2.77. The van der Waals surface area contributed by atoms with Gasteiger partial charge >= 0.3 is 0 Å². The first kappa shape index (κ1) is 11.5. The highest BCUT2D eigenvalue weighted by molar-refractivity contribution is 5.85. The molecule has 2 N–H and O–H groups in total. The van der Waals surface area contributed by atoms with Gasteiger partial charge in [0.05, 0.1) is 0 Å². The van der Waals surface area contributed by atoms with Crippen molar-refractivity contribution in [1.29, 1.82) is 0 Å². The van der Waals surface area contributed by atoms with Crippen LogP contribution in [0.5, 0.6) is 0 Å². The summed E-state index contributed by atoms with van der Waals surface area (Å²) >= 11 is 0. The van der Waals surface area contributed by atoms with Crippen molar-refractivity contribution in [2.75, 3.05) is 0 Å². The minimum Gasteiger partial charge on any atom is -0.326 e. The lowest BCUT2D eigenvalue weighted by Gasteiger charge is -1.98. The van der Waals surface area contributed by atoms with Crippen molar-refractivity contribution in [3.05, 3.63) is 36.2 Å². The molecule has 0 unspecified atom stereocenters. The van der Waals surface area contributed by atoms with Gasteiger partial charge in [0.2, 0.25) is 5.82 Å². The number of aromatic nitrogens is 4. The first-order valence-corrected chi connectivity index (χ1v) is 4.20. The van der Waals surface area contributed by atoms with Crippen LogP contribution < -0.4 is 5.73 Å². The Bertz CT molecular complexity index is 403. The molecule has 1 aromatic carbocycles. The average Bonchev–Trinajstić information content (AvgIpc) is 2.30. The van der Waals surface area contributed by atoms with Crippen LogP contribution in [0.25, 0.3) is 11.4 Å². The summed E-state index contributed by atoms with van der Waals surface area (Å²) in [7, 11) is 0. The van der Waals surface area contributed by atoms with Crippen molar-refractivity contribution in [3.8, 4) is 11.4 Å². The van der Waals surface area contributed by atoms with Gasteiger partial charge in [-0.25, -0.2) is 0 Å². The summed E-state index contributed by atoms with van der Waals surface area (Å²) in [4.78, 5) is 0. The zero-order valence-electron chi connectivity index (χ0n) is 7.87. The van der Waals surface area contributed by atoms with E-state index >= 15 is 0 Å². The Hall–Kier alpha value is -1.59. The summed E-state index contributed by atoms with van der Waals surface area (Å²) in [6.45, 7) is 0.534. The van der Waals surface area contributed by atoms with E-state index in [4.69, 9.17) is 5.73 Å². The fourth-order valence-corrected chi connectivity index (χ4v) is 1.11. The number of nitrogens with two attached hydrogens (primary N) is 1. The molecule has 2 aromatic rings. The largest absolute Gasteiger partial charge is 0.326 e. The second kappa shape index (κ2) is 5.33. The Morgan fingerprint density at radius 3 is 2.13 bits per heavy atom. The predicted molar refractivity (Wildman–Crippen MR) is 58.2 cm³/mol. The maximum Gasteiger partial charge on any atom is 0.203 e. The summed E-state index contributed by atoms with van der Waals surface area (Å²) in [5.41, 5.74) is 7.45. The minimum absolute atomic E-state index is 0. The van der Waals surface area contributed by atoms with E-state index in [2.05, 4.69) is 20.4 Å². The number of halogens is 1. The SMILES string of the molecule is Cl.NCc1ccc(-c2nncnn2)cc1. The van der Waals surface area contributed by atoms with Gasteiger partial charge in [0, 0.05) is 12.1 Å². The molecule has 1 heterocycles. The van der Waals surface area contributed by atoms with Gasteiger partial charge in [-0.1, -0.05) is 24.3 Å². The van der Waals surface area contributed by atoms with E-state index in [0.29, 0.717) is 12.4 Å². The molecule has 0 saturated carbocycles. The molecule has 0 aliphatic rings. The van der Waals surface area contributed by atoms with E-state index in [9.17, 15) is 0 Å². The van der Waals surface area contributed by atoms with Gasteiger partial charge in [-0.3, -0.25) is 0 Å². The zero-order chi connectivity index (χ0) is 9.80. The van der Waals surface area contributed by atoms with Crippen molar-refractivity contribution in [2.24, 2.45) is 5.73 Å². The van der Waals surface area contributed by atoms with Gasteiger partial charge in [-0.05, 0) is 5.56 Å². The van der Waals surface area contributed by atoms with Gasteiger partial charge in [0.15, 0.2) is 6.33 Å². The highest BCUT2D eigenvalue weighted by Crippen LogP contribution is 2.12. The number of rotatable bonds is 2. The fraction of sp³-hybridized carbons (Fsp3) is 0.111. The monoisotopic (exact) mass is 223 g/mol. The van der Waals surface area contributed by atoms with Crippen molar-refractivity contribution < 1.29 is 0 Å². The van der Waals surface area contributed by atoms with Gasteiger partial charge in [-0.2, -0.15) is 0 Å². The number of hydrogen-bond acceptors (Lipinski definition) is 5. The van der Waals surface area contributed by atoms with Gasteiger partial charge in [0.25, 0.3) is 0 Å².